The van der Waals surface area contributed by atoms with Crippen LogP contribution in [-0.2, 0) is 11.3 Å². The standard InChI is InChI=1S/C14H15N5O3/c20-13-4-2-7-16-19(13)10-14(21)18-8-5-11(9-18)22-12-3-1-6-15-17-12/h1-4,6-7,11H,5,8-10H2/t11-/m1/s1. The second kappa shape index (κ2) is 6.33. The van der Waals surface area contributed by atoms with E-state index in [9.17, 15) is 9.59 Å². The Morgan fingerprint density at radius 1 is 1.32 bits per heavy atom. The Bertz CT molecular complexity index is 703. The van der Waals surface area contributed by atoms with E-state index in [1.54, 1.807) is 29.3 Å². The van der Waals surface area contributed by atoms with Gasteiger partial charge in [-0.3, -0.25) is 9.59 Å². The number of nitrogens with zero attached hydrogens (tertiary/aromatic N) is 5. The van der Waals surface area contributed by atoms with E-state index in [0.29, 0.717) is 19.0 Å². The molecule has 22 heavy (non-hydrogen) atoms. The lowest BCUT2D eigenvalue weighted by Crippen LogP contribution is -2.36. The molecule has 0 aromatic carbocycles. The number of ether oxygens (including phenoxy) is 1. The highest BCUT2D eigenvalue weighted by atomic mass is 16.5. The molecule has 0 unspecified atom stereocenters. The zero-order valence-corrected chi connectivity index (χ0v) is 11.8. The summed E-state index contributed by atoms with van der Waals surface area (Å²) in [6, 6.07) is 6.40. The number of carbonyl (C=O) groups excluding carboxylic acids is 1. The van der Waals surface area contributed by atoms with Gasteiger partial charge in [-0.05, 0) is 12.1 Å². The molecule has 8 nitrogen and oxygen atoms in total. The third-order valence-electron chi connectivity index (χ3n) is 3.40. The van der Waals surface area contributed by atoms with Crippen molar-refractivity contribution < 1.29 is 9.53 Å². The Labute approximate surface area is 126 Å². The van der Waals surface area contributed by atoms with E-state index < -0.39 is 0 Å². The van der Waals surface area contributed by atoms with Crippen molar-refractivity contribution in [2.75, 3.05) is 13.1 Å². The van der Waals surface area contributed by atoms with Crippen LogP contribution in [0.25, 0.3) is 0 Å². The molecule has 114 valence electrons. The first-order valence-corrected chi connectivity index (χ1v) is 6.96. The fraction of sp³-hybridized carbons (Fsp3) is 0.357. The summed E-state index contributed by atoms with van der Waals surface area (Å²) in [6.45, 7) is 1.000. The number of hydrogen-bond donors (Lipinski definition) is 0. The number of likely N-dealkylation sites (tertiary alicyclic amines) is 1. The Morgan fingerprint density at radius 3 is 2.95 bits per heavy atom. The van der Waals surface area contributed by atoms with Crippen molar-refractivity contribution in [2.24, 2.45) is 0 Å². The van der Waals surface area contributed by atoms with Gasteiger partial charge in [0.1, 0.15) is 12.6 Å². The van der Waals surface area contributed by atoms with Gasteiger partial charge in [0.25, 0.3) is 5.56 Å². The Kier molecular flexibility index (Phi) is 4.08. The molecule has 0 bridgehead atoms. The first-order chi connectivity index (χ1) is 10.7. The molecule has 0 aliphatic carbocycles. The van der Waals surface area contributed by atoms with Crippen LogP contribution in [0.1, 0.15) is 6.42 Å². The highest BCUT2D eigenvalue weighted by molar-refractivity contribution is 5.76. The molecule has 3 heterocycles. The fourth-order valence-electron chi connectivity index (χ4n) is 2.31. The van der Waals surface area contributed by atoms with Crippen LogP contribution in [0.15, 0.2) is 41.5 Å². The molecule has 1 aliphatic heterocycles. The summed E-state index contributed by atoms with van der Waals surface area (Å²) in [5.41, 5.74) is -0.289. The third kappa shape index (κ3) is 3.27. The number of carbonyl (C=O) groups is 1. The lowest BCUT2D eigenvalue weighted by atomic mass is 10.3. The Hall–Kier alpha value is -2.77. The second-order valence-corrected chi connectivity index (χ2v) is 4.95. The van der Waals surface area contributed by atoms with Gasteiger partial charge in [-0.15, -0.1) is 5.10 Å². The smallest absolute Gasteiger partial charge is 0.267 e. The van der Waals surface area contributed by atoms with Gasteiger partial charge in [0, 0.05) is 37.5 Å². The van der Waals surface area contributed by atoms with Crippen molar-refractivity contribution in [3.8, 4) is 5.88 Å². The number of rotatable bonds is 4. The highest BCUT2D eigenvalue weighted by Crippen LogP contribution is 2.15. The minimum atomic E-state index is -0.289. The highest BCUT2D eigenvalue weighted by Gasteiger charge is 2.28. The van der Waals surface area contributed by atoms with Crippen LogP contribution >= 0.6 is 0 Å². The zero-order chi connectivity index (χ0) is 15.4. The molecule has 0 spiro atoms. The average Bonchev–Trinajstić information content (AvgIpc) is 2.99. The predicted octanol–water partition coefficient (Wildman–Crippen LogP) is -0.287. The topological polar surface area (TPSA) is 90.2 Å². The Morgan fingerprint density at radius 2 is 2.18 bits per heavy atom. The van der Waals surface area contributed by atoms with E-state index >= 15 is 0 Å². The molecule has 1 fully saturated rings. The maximum atomic E-state index is 12.2. The molecule has 0 N–H and O–H groups in total. The van der Waals surface area contributed by atoms with Crippen LogP contribution in [0.3, 0.4) is 0 Å². The SMILES string of the molecule is O=C(Cn1ncccc1=O)N1CC[C@@H](Oc2cccnn2)C1. The van der Waals surface area contributed by atoms with E-state index in [1.165, 1.54) is 12.3 Å². The lowest BCUT2D eigenvalue weighted by Gasteiger charge is -2.17. The summed E-state index contributed by atoms with van der Waals surface area (Å²) >= 11 is 0. The molecule has 1 aliphatic rings. The van der Waals surface area contributed by atoms with Crippen LogP contribution < -0.4 is 10.3 Å². The molecule has 1 atom stereocenters. The molecule has 1 amide bonds. The van der Waals surface area contributed by atoms with Crippen molar-refractivity contribution in [3.63, 3.8) is 0 Å². The van der Waals surface area contributed by atoms with Gasteiger partial charge in [-0.2, -0.15) is 10.2 Å². The molecule has 0 saturated carbocycles. The summed E-state index contributed by atoms with van der Waals surface area (Å²) < 4.78 is 6.83. The lowest BCUT2D eigenvalue weighted by molar-refractivity contribution is -0.131. The zero-order valence-electron chi connectivity index (χ0n) is 11.8. The summed E-state index contributed by atoms with van der Waals surface area (Å²) in [5, 5.41) is 11.5. The molecular formula is C14H15N5O3. The molecule has 0 radical (unpaired) electrons. The van der Waals surface area contributed by atoms with E-state index in [-0.39, 0.29) is 24.1 Å². The molecule has 1 saturated heterocycles. The molecular weight excluding hydrogens is 286 g/mol. The molecule has 3 rings (SSSR count). The monoisotopic (exact) mass is 301 g/mol. The fourth-order valence-corrected chi connectivity index (χ4v) is 2.31. The summed E-state index contributed by atoms with van der Waals surface area (Å²) in [6.07, 6.45) is 3.67. The first-order valence-electron chi connectivity index (χ1n) is 6.96. The summed E-state index contributed by atoms with van der Waals surface area (Å²) in [5.74, 6) is 0.300. The maximum Gasteiger partial charge on any atom is 0.267 e. The largest absolute Gasteiger partial charge is 0.471 e. The minimum Gasteiger partial charge on any atom is -0.471 e. The van der Waals surface area contributed by atoms with Crippen molar-refractivity contribution in [1.29, 1.82) is 0 Å². The second-order valence-electron chi connectivity index (χ2n) is 4.95. The van der Waals surface area contributed by atoms with Crippen molar-refractivity contribution in [2.45, 2.75) is 19.1 Å². The van der Waals surface area contributed by atoms with Gasteiger partial charge < -0.3 is 9.64 Å². The van der Waals surface area contributed by atoms with Crippen LogP contribution in [0.4, 0.5) is 0 Å². The van der Waals surface area contributed by atoms with Gasteiger partial charge in [-0.25, -0.2) is 4.68 Å². The minimum absolute atomic E-state index is 0.0580. The van der Waals surface area contributed by atoms with Crippen LogP contribution in [0.5, 0.6) is 5.88 Å². The van der Waals surface area contributed by atoms with Gasteiger partial charge in [0.05, 0.1) is 6.54 Å². The van der Waals surface area contributed by atoms with Gasteiger partial charge in [0.15, 0.2) is 0 Å². The summed E-state index contributed by atoms with van der Waals surface area (Å²) in [7, 11) is 0. The molecule has 2 aromatic rings. The third-order valence-corrected chi connectivity index (χ3v) is 3.40. The van der Waals surface area contributed by atoms with Crippen LogP contribution in [0, 0.1) is 0 Å². The quantitative estimate of drug-likeness (QED) is 0.771. The van der Waals surface area contributed by atoms with E-state index in [2.05, 4.69) is 15.3 Å². The van der Waals surface area contributed by atoms with Crippen molar-refractivity contribution in [1.82, 2.24) is 24.9 Å². The normalized spacial score (nSPS) is 17.5. The van der Waals surface area contributed by atoms with Gasteiger partial charge in [-0.1, -0.05) is 0 Å². The van der Waals surface area contributed by atoms with Gasteiger partial charge in [0.2, 0.25) is 11.8 Å². The average molecular weight is 301 g/mol. The van der Waals surface area contributed by atoms with E-state index in [0.717, 1.165) is 11.1 Å². The van der Waals surface area contributed by atoms with Gasteiger partial charge >= 0.3 is 0 Å². The molecule has 2 aromatic heterocycles. The predicted molar refractivity (Wildman–Crippen MR) is 76.1 cm³/mol. The summed E-state index contributed by atoms with van der Waals surface area (Å²) in [4.78, 5) is 25.4. The maximum absolute atomic E-state index is 12.2. The van der Waals surface area contributed by atoms with Crippen molar-refractivity contribution in [3.05, 3.63) is 47.0 Å². The first kappa shape index (κ1) is 14.2. The van der Waals surface area contributed by atoms with Crippen LogP contribution in [0.2, 0.25) is 0 Å². The molecule has 8 heteroatoms. The van der Waals surface area contributed by atoms with Crippen LogP contribution in [-0.4, -0.2) is 50.0 Å². The number of amides is 1. The number of hydrogen-bond acceptors (Lipinski definition) is 6. The number of aromatic nitrogens is 4. The van der Waals surface area contributed by atoms with Crippen molar-refractivity contribution >= 4 is 5.91 Å². The van der Waals surface area contributed by atoms with E-state index in [4.69, 9.17) is 4.74 Å². The Balaban J connectivity index is 1.57. The van der Waals surface area contributed by atoms with E-state index in [1.807, 2.05) is 0 Å².